The van der Waals surface area contributed by atoms with Crippen molar-refractivity contribution in [2.75, 3.05) is 12.4 Å². The smallest absolute Gasteiger partial charge is 0.387 e. The molecular weight excluding hydrogens is 446 g/mol. The Labute approximate surface area is 188 Å². The van der Waals surface area contributed by atoms with Gasteiger partial charge in [0.2, 0.25) is 5.97 Å². The Bertz CT molecular complexity index is 974. The van der Waals surface area contributed by atoms with Gasteiger partial charge in [0.1, 0.15) is 5.69 Å². The number of pyridine rings is 1. The van der Waals surface area contributed by atoms with Crippen molar-refractivity contribution in [3.8, 4) is 0 Å². The van der Waals surface area contributed by atoms with E-state index < -0.39 is 35.4 Å². The van der Waals surface area contributed by atoms with Gasteiger partial charge >= 0.3 is 6.18 Å². The number of nitrogens with zero attached hydrogens (tertiary/aromatic N) is 1. The molecule has 0 radical (unpaired) electrons. The molecule has 2 aromatic rings. The van der Waals surface area contributed by atoms with E-state index in [1.54, 1.807) is 6.07 Å². The van der Waals surface area contributed by atoms with E-state index in [0.29, 0.717) is 18.4 Å². The van der Waals surface area contributed by atoms with E-state index in [-0.39, 0.29) is 30.1 Å². The lowest BCUT2D eigenvalue weighted by molar-refractivity contribution is -0.137. The Morgan fingerprint density at radius 2 is 1.97 bits per heavy atom. The first kappa shape index (κ1) is 25.0. The number of aryl methyl sites for hydroxylation is 1. The molecule has 0 saturated carbocycles. The minimum absolute atomic E-state index is 0.0277. The SMILES string of the molecule is CNc1c(C(=N)F)cc(CCC2CC(c3ccc(C(F)F)nc3)CC(C)N2)cc1C(F)(F)F. The molecule has 1 aliphatic heterocycles. The fourth-order valence-electron chi connectivity index (χ4n) is 4.52. The molecule has 0 spiro atoms. The van der Waals surface area contributed by atoms with E-state index >= 15 is 0 Å². The van der Waals surface area contributed by atoms with Crippen LogP contribution in [-0.4, -0.2) is 30.1 Å². The van der Waals surface area contributed by atoms with Crippen molar-refractivity contribution in [1.29, 1.82) is 5.41 Å². The molecule has 2 heterocycles. The number of anilines is 1. The van der Waals surface area contributed by atoms with Crippen LogP contribution in [0.4, 0.5) is 32.0 Å². The van der Waals surface area contributed by atoms with Gasteiger partial charge in [0, 0.05) is 25.3 Å². The maximum atomic E-state index is 13.7. The molecule has 3 atom stereocenters. The van der Waals surface area contributed by atoms with Crippen molar-refractivity contribution in [1.82, 2.24) is 10.3 Å². The van der Waals surface area contributed by atoms with Crippen LogP contribution in [0.15, 0.2) is 30.5 Å². The van der Waals surface area contributed by atoms with Gasteiger partial charge in [0.05, 0.1) is 16.8 Å². The Kier molecular flexibility index (Phi) is 7.66. The van der Waals surface area contributed by atoms with E-state index in [2.05, 4.69) is 15.6 Å². The molecule has 1 fully saturated rings. The van der Waals surface area contributed by atoms with Crippen molar-refractivity contribution in [2.45, 2.75) is 63.2 Å². The molecule has 0 bridgehead atoms. The largest absolute Gasteiger partial charge is 0.418 e. The van der Waals surface area contributed by atoms with Gasteiger partial charge in [-0.1, -0.05) is 6.07 Å². The molecule has 3 unspecified atom stereocenters. The molecule has 4 nitrogen and oxygen atoms in total. The number of nitrogens with one attached hydrogen (secondary N) is 3. The molecule has 0 amide bonds. The first-order valence-electron chi connectivity index (χ1n) is 10.7. The van der Waals surface area contributed by atoms with Gasteiger partial charge in [0.25, 0.3) is 6.43 Å². The molecule has 10 heteroatoms. The zero-order chi connectivity index (χ0) is 24.3. The number of hydrogen-bond acceptors (Lipinski definition) is 4. The van der Waals surface area contributed by atoms with Crippen LogP contribution in [0.25, 0.3) is 0 Å². The highest BCUT2D eigenvalue weighted by Crippen LogP contribution is 2.38. The average molecular weight is 472 g/mol. The number of rotatable bonds is 7. The predicted octanol–water partition coefficient (Wildman–Crippen LogP) is 6.23. The standard InChI is InChI=1S/C23H26F6N4/c1-12-7-15(14-4-6-19(21(24)25)32-11-14)10-16(33-12)5-3-13-8-17(22(26)30)20(31-2)18(9-13)23(27,28)29/h4,6,8-9,11-12,15-16,21,30-31,33H,3,5,7,10H2,1-2H3. The van der Waals surface area contributed by atoms with Gasteiger partial charge in [-0.05, 0) is 67.9 Å². The lowest BCUT2D eigenvalue weighted by Crippen LogP contribution is -2.43. The molecule has 3 rings (SSSR count). The van der Waals surface area contributed by atoms with Crippen molar-refractivity contribution < 1.29 is 26.3 Å². The maximum absolute atomic E-state index is 13.7. The van der Waals surface area contributed by atoms with Crippen molar-refractivity contribution in [3.63, 3.8) is 0 Å². The van der Waals surface area contributed by atoms with E-state index in [0.717, 1.165) is 18.1 Å². The van der Waals surface area contributed by atoms with Crippen LogP contribution in [0, 0.1) is 5.41 Å². The zero-order valence-electron chi connectivity index (χ0n) is 18.2. The minimum Gasteiger partial charge on any atom is -0.387 e. The van der Waals surface area contributed by atoms with Crippen LogP contribution in [-0.2, 0) is 12.6 Å². The number of halogens is 6. The predicted molar refractivity (Wildman–Crippen MR) is 115 cm³/mol. The van der Waals surface area contributed by atoms with E-state index in [1.165, 1.54) is 25.4 Å². The maximum Gasteiger partial charge on any atom is 0.418 e. The summed E-state index contributed by atoms with van der Waals surface area (Å²) >= 11 is 0. The second-order valence-electron chi connectivity index (χ2n) is 8.42. The van der Waals surface area contributed by atoms with Crippen LogP contribution in [0.2, 0.25) is 0 Å². The Hall–Kier alpha value is -2.62. The zero-order valence-corrected chi connectivity index (χ0v) is 18.2. The molecule has 0 aliphatic carbocycles. The first-order chi connectivity index (χ1) is 15.5. The fraction of sp³-hybridized carbons (Fsp3) is 0.478. The number of aromatic nitrogens is 1. The van der Waals surface area contributed by atoms with Crippen LogP contribution >= 0.6 is 0 Å². The topological polar surface area (TPSA) is 60.8 Å². The number of benzene rings is 1. The molecule has 33 heavy (non-hydrogen) atoms. The second-order valence-corrected chi connectivity index (χ2v) is 8.42. The third kappa shape index (κ3) is 6.04. The molecule has 180 valence electrons. The summed E-state index contributed by atoms with van der Waals surface area (Å²) in [7, 11) is 1.26. The summed E-state index contributed by atoms with van der Waals surface area (Å²) in [4.78, 5) is 3.83. The van der Waals surface area contributed by atoms with E-state index in [9.17, 15) is 26.3 Å². The molecule has 1 aromatic heterocycles. The minimum atomic E-state index is -4.70. The highest BCUT2D eigenvalue weighted by Gasteiger charge is 2.36. The van der Waals surface area contributed by atoms with Gasteiger partial charge in [-0.3, -0.25) is 10.4 Å². The summed E-state index contributed by atoms with van der Waals surface area (Å²) in [6.45, 7) is 1.99. The summed E-state index contributed by atoms with van der Waals surface area (Å²) in [6, 6.07) is 5.33. The summed E-state index contributed by atoms with van der Waals surface area (Å²) in [5.41, 5.74) is -1.02. The molecule has 1 aromatic carbocycles. The van der Waals surface area contributed by atoms with E-state index in [1.807, 2.05) is 6.92 Å². The monoisotopic (exact) mass is 472 g/mol. The van der Waals surface area contributed by atoms with Gasteiger partial charge in [-0.25, -0.2) is 8.78 Å². The summed E-state index contributed by atoms with van der Waals surface area (Å²) in [5.74, 6) is -1.35. The van der Waals surface area contributed by atoms with Gasteiger partial charge in [-0.15, -0.1) is 0 Å². The van der Waals surface area contributed by atoms with Crippen LogP contribution in [0.3, 0.4) is 0 Å². The Morgan fingerprint density at radius 3 is 2.52 bits per heavy atom. The van der Waals surface area contributed by atoms with Crippen molar-refractivity contribution >= 4 is 11.7 Å². The van der Waals surface area contributed by atoms with Crippen LogP contribution < -0.4 is 10.6 Å². The normalized spacial score (nSPS) is 21.3. The Morgan fingerprint density at radius 1 is 1.24 bits per heavy atom. The van der Waals surface area contributed by atoms with Gasteiger partial charge < -0.3 is 10.6 Å². The van der Waals surface area contributed by atoms with Crippen LogP contribution in [0.5, 0.6) is 0 Å². The highest BCUT2D eigenvalue weighted by molar-refractivity contribution is 5.97. The van der Waals surface area contributed by atoms with Gasteiger partial charge in [0.15, 0.2) is 0 Å². The summed E-state index contributed by atoms with van der Waals surface area (Å²) < 4.78 is 79.8. The molecule has 1 aliphatic rings. The third-order valence-corrected chi connectivity index (χ3v) is 6.00. The van der Waals surface area contributed by atoms with Crippen molar-refractivity contribution in [2.24, 2.45) is 0 Å². The fourth-order valence-corrected chi connectivity index (χ4v) is 4.52. The average Bonchev–Trinajstić information content (AvgIpc) is 2.76. The highest BCUT2D eigenvalue weighted by atomic mass is 19.4. The third-order valence-electron chi connectivity index (χ3n) is 6.00. The summed E-state index contributed by atoms with van der Waals surface area (Å²) in [5, 5.41) is 13.0. The van der Waals surface area contributed by atoms with Crippen LogP contribution in [0.1, 0.15) is 66.5 Å². The molecule has 3 N–H and O–H groups in total. The first-order valence-corrected chi connectivity index (χ1v) is 10.7. The van der Waals surface area contributed by atoms with Crippen molar-refractivity contribution in [3.05, 3.63) is 58.4 Å². The number of hydrogen-bond donors (Lipinski definition) is 3. The Balaban J connectivity index is 1.77. The van der Waals surface area contributed by atoms with Gasteiger partial charge in [-0.2, -0.15) is 17.6 Å². The lowest BCUT2D eigenvalue weighted by atomic mass is 9.82. The van der Waals surface area contributed by atoms with E-state index in [4.69, 9.17) is 5.41 Å². The molecular formula is C23H26F6N4. The lowest BCUT2D eigenvalue weighted by Gasteiger charge is -2.35. The quantitative estimate of drug-likeness (QED) is 0.331. The molecule has 1 saturated heterocycles. The number of alkyl halides is 5. The second kappa shape index (κ2) is 10.1. The number of piperidine rings is 1. The summed E-state index contributed by atoms with van der Waals surface area (Å²) in [6.07, 6.45) is -3.65.